The quantitative estimate of drug-likeness (QED) is 0.179. The molecule has 0 saturated heterocycles. The number of rotatable bonds is 3. The number of ether oxygens (including phenoxy) is 1. The Hall–Kier alpha value is -7.14. The average Bonchev–Trinajstić information content (AvgIpc) is 3.91. The molecule has 0 radical (unpaired) electrons. The summed E-state index contributed by atoms with van der Waals surface area (Å²) in [7, 11) is 0. The Morgan fingerprint density at radius 3 is 1.77 bits per heavy atom. The van der Waals surface area contributed by atoms with Crippen molar-refractivity contribution >= 4 is 31.5 Å². The second-order valence-electron chi connectivity index (χ2n) is 16.8. The van der Waals surface area contributed by atoms with Crippen molar-refractivity contribution in [3.63, 3.8) is 0 Å². The highest BCUT2D eigenvalue weighted by Crippen LogP contribution is 2.64. The molecule has 10 aromatic rings. The molecule has 282 valence electrons. The van der Waals surface area contributed by atoms with Gasteiger partial charge in [-0.2, -0.15) is 0 Å². The van der Waals surface area contributed by atoms with Gasteiger partial charge < -0.3 is 4.74 Å². The monoisotopic (exact) mass is 784 g/mol. The van der Waals surface area contributed by atoms with Crippen LogP contribution < -0.4 is 4.74 Å². The zero-order valence-corrected chi connectivity index (χ0v) is 33.8. The third-order valence-electron chi connectivity index (χ3n) is 13.4. The van der Waals surface area contributed by atoms with Gasteiger partial charge in [-0.25, -0.2) is 9.97 Å². The lowest BCUT2D eigenvalue weighted by Crippen LogP contribution is -2.32. The normalized spacial score (nSPS) is 14.6. The molecule has 0 saturated carbocycles. The molecule has 0 fully saturated rings. The Labute approximate surface area is 352 Å². The van der Waals surface area contributed by atoms with Crippen LogP contribution in [-0.4, -0.2) is 9.97 Å². The molecule has 1 spiro atoms. The summed E-state index contributed by atoms with van der Waals surface area (Å²) in [6, 6.07) is 65.9. The van der Waals surface area contributed by atoms with Crippen LogP contribution in [0.2, 0.25) is 0 Å². The van der Waals surface area contributed by atoms with E-state index >= 15 is 0 Å². The van der Waals surface area contributed by atoms with E-state index in [4.69, 9.17) is 14.7 Å². The van der Waals surface area contributed by atoms with Crippen molar-refractivity contribution in [2.45, 2.75) is 24.7 Å². The van der Waals surface area contributed by atoms with Crippen molar-refractivity contribution in [2.24, 2.45) is 0 Å². The first-order chi connectivity index (χ1) is 29.5. The van der Waals surface area contributed by atoms with Crippen molar-refractivity contribution in [3.8, 4) is 67.7 Å². The molecule has 0 bridgehead atoms. The molecule has 3 heterocycles. The van der Waals surface area contributed by atoms with Crippen LogP contribution in [-0.2, 0) is 10.8 Å². The fraction of sp³-hybridized carbons (Fsp3) is 0.0714. The highest BCUT2D eigenvalue weighted by atomic mass is 32.1. The molecule has 0 amide bonds. The Morgan fingerprint density at radius 2 is 0.967 bits per heavy atom. The third kappa shape index (κ3) is 4.38. The van der Waals surface area contributed by atoms with E-state index in [1.165, 1.54) is 64.7 Å². The zero-order valence-electron chi connectivity index (χ0n) is 33.0. The predicted molar refractivity (Wildman–Crippen MR) is 246 cm³/mol. The molecule has 3 nitrogen and oxygen atoms in total. The summed E-state index contributed by atoms with van der Waals surface area (Å²) in [5, 5.41) is 2.52. The number of hydrogen-bond donors (Lipinski definition) is 0. The van der Waals surface area contributed by atoms with Crippen molar-refractivity contribution in [3.05, 3.63) is 215 Å². The van der Waals surface area contributed by atoms with Gasteiger partial charge in [0.15, 0.2) is 5.82 Å². The fourth-order valence-electron chi connectivity index (χ4n) is 10.9. The summed E-state index contributed by atoms with van der Waals surface area (Å²) in [5.41, 5.74) is 16.5. The second-order valence-corrected chi connectivity index (χ2v) is 17.8. The second kappa shape index (κ2) is 12.2. The van der Waals surface area contributed by atoms with Gasteiger partial charge in [0.1, 0.15) is 11.5 Å². The SMILES string of the molecule is CC1(C)c2ccccc2-c2c(-c3cc(-c4cccc5c4sc4ccccc45)nc(-c4cccc5c4C4(c6ccccc6Oc6ccccc64)c4ccccc4-5)n3)cccc21. The number of hydrogen-bond acceptors (Lipinski definition) is 4. The minimum absolute atomic E-state index is 0.147. The van der Waals surface area contributed by atoms with Crippen LogP contribution in [0, 0.1) is 0 Å². The van der Waals surface area contributed by atoms with E-state index in [2.05, 4.69) is 196 Å². The molecular weight excluding hydrogens is 749 g/mol. The van der Waals surface area contributed by atoms with Gasteiger partial charge in [0.2, 0.25) is 0 Å². The largest absolute Gasteiger partial charge is 0.457 e. The van der Waals surface area contributed by atoms with Crippen LogP contribution in [0.15, 0.2) is 182 Å². The van der Waals surface area contributed by atoms with E-state index in [1.54, 1.807) is 0 Å². The summed E-state index contributed by atoms with van der Waals surface area (Å²) >= 11 is 1.84. The van der Waals surface area contributed by atoms with Gasteiger partial charge in [0.05, 0.1) is 16.8 Å². The van der Waals surface area contributed by atoms with Gasteiger partial charge >= 0.3 is 0 Å². The summed E-state index contributed by atoms with van der Waals surface area (Å²) in [5.74, 6) is 2.43. The smallest absolute Gasteiger partial charge is 0.160 e. The minimum atomic E-state index is -0.671. The number of nitrogens with zero attached hydrogens (tertiary/aromatic N) is 2. The first-order valence-corrected chi connectivity index (χ1v) is 21.5. The van der Waals surface area contributed by atoms with Crippen LogP contribution in [0.25, 0.3) is 76.3 Å². The van der Waals surface area contributed by atoms with Crippen LogP contribution in [0.5, 0.6) is 11.5 Å². The van der Waals surface area contributed by atoms with Gasteiger partial charge in [-0.15, -0.1) is 11.3 Å². The minimum Gasteiger partial charge on any atom is -0.457 e. The van der Waals surface area contributed by atoms with Crippen LogP contribution >= 0.6 is 11.3 Å². The average molecular weight is 785 g/mol. The van der Waals surface area contributed by atoms with E-state index in [0.29, 0.717) is 5.82 Å². The lowest BCUT2D eigenvalue weighted by atomic mass is 9.65. The number of para-hydroxylation sites is 2. The van der Waals surface area contributed by atoms with Gasteiger partial charge in [0, 0.05) is 53.4 Å². The lowest BCUT2D eigenvalue weighted by Gasteiger charge is -2.40. The Balaban J connectivity index is 1.15. The molecule has 2 aliphatic carbocycles. The lowest BCUT2D eigenvalue weighted by molar-refractivity contribution is 0.436. The molecule has 3 aliphatic rings. The van der Waals surface area contributed by atoms with Crippen molar-refractivity contribution in [2.75, 3.05) is 0 Å². The summed E-state index contributed by atoms with van der Waals surface area (Å²) in [6.07, 6.45) is 0. The van der Waals surface area contributed by atoms with Gasteiger partial charge in [0.25, 0.3) is 0 Å². The predicted octanol–water partition coefficient (Wildman–Crippen LogP) is 14.6. The maximum Gasteiger partial charge on any atom is 0.160 e. The zero-order chi connectivity index (χ0) is 39.7. The highest BCUT2D eigenvalue weighted by Gasteiger charge is 2.52. The molecule has 0 unspecified atom stereocenters. The maximum atomic E-state index is 6.72. The summed E-state index contributed by atoms with van der Waals surface area (Å²) < 4.78 is 9.22. The van der Waals surface area contributed by atoms with Crippen LogP contribution in [0.1, 0.15) is 47.2 Å². The number of thiophene rings is 1. The molecule has 8 aromatic carbocycles. The molecule has 1 aliphatic heterocycles. The van der Waals surface area contributed by atoms with E-state index in [0.717, 1.165) is 50.7 Å². The Morgan fingerprint density at radius 1 is 0.433 bits per heavy atom. The molecule has 0 N–H and O–H groups in total. The van der Waals surface area contributed by atoms with Gasteiger partial charge in [-0.3, -0.25) is 0 Å². The van der Waals surface area contributed by atoms with E-state index in [-0.39, 0.29) is 5.41 Å². The van der Waals surface area contributed by atoms with Gasteiger partial charge in [-0.1, -0.05) is 172 Å². The Kier molecular flexibility index (Phi) is 6.87. The first kappa shape index (κ1) is 33.8. The van der Waals surface area contributed by atoms with E-state index in [9.17, 15) is 0 Å². The maximum absolute atomic E-state index is 6.72. The molecule has 4 heteroatoms. The molecule has 0 atom stereocenters. The summed E-state index contributed by atoms with van der Waals surface area (Å²) in [4.78, 5) is 11.4. The number of benzene rings is 8. The topological polar surface area (TPSA) is 35.0 Å². The highest BCUT2D eigenvalue weighted by molar-refractivity contribution is 7.26. The van der Waals surface area contributed by atoms with E-state index in [1.807, 2.05) is 11.3 Å². The van der Waals surface area contributed by atoms with Crippen molar-refractivity contribution < 1.29 is 4.74 Å². The number of fused-ring (bicyclic) bond motifs is 15. The molecule has 60 heavy (non-hydrogen) atoms. The number of aromatic nitrogens is 2. The third-order valence-corrected chi connectivity index (χ3v) is 14.6. The van der Waals surface area contributed by atoms with Gasteiger partial charge in [-0.05, 0) is 68.8 Å². The molecular formula is C56H36N2OS. The standard InChI is InChI=1S/C56H36N2OS/c1-55(2)41-24-6-4-18-37(41)51-38(21-15-28-45(51)55)46-32-47(39-22-14-20-36-34-17-5-12-31-50(34)60-53(36)39)58-54(57-46)40-23-13-19-35-33-16-3-7-25-42(33)56(52(35)40)43-26-8-10-29-48(43)59-49-30-11-9-27-44(49)56/h3-32H,1-2H3. The van der Waals surface area contributed by atoms with Crippen LogP contribution in [0.3, 0.4) is 0 Å². The van der Waals surface area contributed by atoms with E-state index < -0.39 is 5.41 Å². The molecule has 13 rings (SSSR count). The van der Waals surface area contributed by atoms with Crippen LogP contribution in [0.4, 0.5) is 0 Å². The molecule has 2 aromatic heterocycles. The fourth-order valence-corrected chi connectivity index (χ4v) is 12.1. The van der Waals surface area contributed by atoms with Crippen molar-refractivity contribution in [1.82, 2.24) is 9.97 Å². The summed E-state index contributed by atoms with van der Waals surface area (Å²) in [6.45, 7) is 4.68. The first-order valence-electron chi connectivity index (χ1n) is 20.7. The van der Waals surface area contributed by atoms with Crippen molar-refractivity contribution in [1.29, 1.82) is 0 Å². The Bertz CT molecular complexity index is 3420.